The number of hydrogen-bond acceptors (Lipinski definition) is 1. The Morgan fingerprint density at radius 1 is 1.29 bits per heavy atom. The van der Waals surface area contributed by atoms with E-state index in [1.807, 2.05) is 0 Å². The maximum absolute atomic E-state index is 3.52. The average molecular weight is 228 g/mol. The second-order valence-electron chi connectivity index (χ2n) is 5.31. The summed E-state index contributed by atoms with van der Waals surface area (Å²) in [5, 5.41) is 1.42. The van der Waals surface area contributed by atoms with Gasteiger partial charge in [0.25, 0.3) is 0 Å². The van der Waals surface area contributed by atoms with E-state index < -0.39 is 0 Å². The Balaban J connectivity index is 2.06. The zero-order chi connectivity index (χ0) is 11.8. The minimum atomic E-state index is 0.699. The molecule has 0 radical (unpaired) electrons. The fraction of sp³-hybridized carbons (Fsp3) is 0.467. The van der Waals surface area contributed by atoms with E-state index in [0.29, 0.717) is 5.92 Å². The van der Waals surface area contributed by atoms with Gasteiger partial charge in [0.1, 0.15) is 0 Å². The fourth-order valence-electron chi connectivity index (χ4n) is 3.23. The van der Waals surface area contributed by atoms with E-state index in [2.05, 4.69) is 48.1 Å². The zero-order valence-electron chi connectivity index (χ0n) is 10.7. The molecule has 0 amide bonds. The van der Waals surface area contributed by atoms with Crippen LogP contribution in [0.3, 0.4) is 0 Å². The number of hydrogen-bond donors (Lipinski definition) is 1. The molecule has 1 N–H and O–H groups in total. The van der Waals surface area contributed by atoms with Crippen LogP contribution in [0.15, 0.2) is 24.3 Å². The predicted molar refractivity (Wildman–Crippen MR) is 72.5 cm³/mol. The number of rotatable bonds is 1. The quantitative estimate of drug-likeness (QED) is 0.793. The standard InChI is InChI=1S/C15H20N2/c1-11-15(12-6-5-9-17(2)10-12)13-7-3-4-8-14(13)16-11/h3-4,7-8,12,16H,5-6,9-10H2,1-2H3. The van der Waals surface area contributed by atoms with Crippen LogP contribution < -0.4 is 0 Å². The lowest BCUT2D eigenvalue weighted by atomic mass is 9.89. The van der Waals surface area contributed by atoms with Gasteiger partial charge in [0, 0.05) is 23.1 Å². The number of piperidine rings is 1. The molecule has 1 aliphatic rings. The number of H-pyrrole nitrogens is 1. The van der Waals surface area contributed by atoms with Gasteiger partial charge in [0.15, 0.2) is 0 Å². The van der Waals surface area contributed by atoms with E-state index in [4.69, 9.17) is 0 Å². The number of nitrogens with one attached hydrogen (secondary N) is 1. The van der Waals surface area contributed by atoms with Crippen LogP contribution in [0, 0.1) is 6.92 Å². The maximum atomic E-state index is 3.52. The van der Waals surface area contributed by atoms with Crippen molar-refractivity contribution in [3.63, 3.8) is 0 Å². The van der Waals surface area contributed by atoms with Crippen LogP contribution in [0.2, 0.25) is 0 Å². The van der Waals surface area contributed by atoms with Crippen molar-refractivity contribution < 1.29 is 0 Å². The Morgan fingerprint density at radius 3 is 2.94 bits per heavy atom. The Morgan fingerprint density at radius 2 is 2.12 bits per heavy atom. The lowest BCUT2D eigenvalue weighted by molar-refractivity contribution is 0.251. The van der Waals surface area contributed by atoms with E-state index in [9.17, 15) is 0 Å². The molecule has 0 saturated carbocycles. The van der Waals surface area contributed by atoms with Crippen molar-refractivity contribution in [3.05, 3.63) is 35.5 Å². The number of fused-ring (bicyclic) bond motifs is 1. The Labute approximate surface area is 103 Å². The van der Waals surface area contributed by atoms with Crippen LogP contribution in [0.4, 0.5) is 0 Å². The van der Waals surface area contributed by atoms with E-state index in [-0.39, 0.29) is 0 Å². The molecule has 2 heterocycles. The van der Waals surface area contributed by atoms with E-state index >= 15 is 0 Å². The monoisotopic (exact) mass is 228 g/mol. The van der Waals surface area contributed by atoms with Gasteiger partial charge in [-0.3, -0.25) is 0 Å². The third-order valence-corrected chi connectivity index (χ3v) is 3.98. The molecule has 3 rings (SSSR count). The first kappa shape index (κ1) is 10.8. The van der Waals surface area contributed by atoms with Gasteiger partial charge < -0.3 is 9.88 Å². The van der Waals surface area contributed by atoms with Crippen molar-refractivity contribution in [1.29, 1.82) is 0 Å². The first-order valence-corrected chi connectivity index (χ1v) is 6.51. The summed E-state index contributed by atoms with van der Waals surface area (Å²) >= 11 is 0. The minimum Gasteiger partial charge on any atom is -0.358 e. The van der Waals surface area contributed by atoms with Gasteiger partial charge in [-0.25, -0.2) is 0 Å². The van der Waals surface area contributed by atoms with Crippen molar-refractivity contribution in [2.45, 2.75) is 25.7 Å². The molecule has 2 heteroatoms. The van der Waals surface area contributed by atoms with Crippen LogP contribution in [-0.4, -0.2) is 30.0 Å². The van der Waals surface area contributed by atoms with Gasteiger partial charge in [0.05, 0.1) is 0 Å². The fourth-order valence-corrected chi connectivity index (χ4v) is 3.23. The SMILES string of the molecule is Cc1[nH]c2ccccc2c1C1CCCN(C)C1. The summed E-state index contributed by atoms with van der Waals surface area (Å²) in [6.07, 6.45) is 2.65. The van der Waals surface area contributed by atoms with Crippen molar-refractivity contribution in [3.8, 4) is 0 Å². The highest BCUT2D eigenvalue weighted by Crippen LogP contribution is 2.34. The number of likely N-dealkylation sites (N-methyl/N-ethyl adjacent to an activating group) is 1. The van der Waals surface area contributed by atoms with Gasteiger partial charge in [-0.1, -0.05) is 18.2 Å². The Kier molecular flexibility index (Phi) is 2.67. The van der Waals surface area contributed by atoms with Crippen molar-refractivity contribution >= 4 is 10.9 Å². The summed E-state index contributed by atoms with van der Waals surface area (Å²) in [5.41, 5.74) is 4.19. The topological polar surface area (TPSA) is 19.0 Å². The average Bonchev–Trinajstić information content (AvgIpc) is 2.64. The number of aromatic amines is 1. The summed E-state index contributed by atoms with van der Waals surface area (Å²) in [4.78, 5) is 5.97. The molecule has 90 valence electrons. The van der Waals surface area contributed by atoms with Crippen LogP contribution >= 0.6 is 0 Å². The predicted octanol–water partition coefficient (Wildman–Crippen LogP) is 3.29. The Hall–Kier alpha value is -1.28. The molecule has 0 spiro atoms. The normalized spacial score (nSPS) is 22.1. The first-order chi connectivity index (χ1) is 8.25. The molecule has 1 aromatic heterocycles. The van der Waals surface area contributed by atoms with Crippen LogP contribution in [0.25, 0.3) is 10.9 Å². The molecule has 1 fully saturated rings. The molecule has 1 aliphatic heterocycles. The van der Waals surface area contributed by atoms with E-state index in [1.54, 1.807) is 5.56 Å². The third-order valence-electron chi connectivity index (χ3n) is 3.98. The first-order valence-electron chi connectivity index (χ1n) is 6.51. The molecule has 1 saturated heterocycles. The molecule has 2 aromatic rings. The summed E-state index contributed by atoms with van der Waals surface area (Å²) in [7, 11) is 2.23. The molecule has 0 bridgehead atoms. The minimum absolute atomic E-state index is 0.699. The summed E-state index contributed by atoms with van der Waals surface area (Å²) in [6, 6.07) is 8.68. The van der Waals surface area contributed by atoms with Gasteiger partial charge in [-0.05, 0) is 50.9 Å². The lowest BCUT2D eigenvalue weighted by Crippen LogP contribution is -2.30. The number of nitrogens with zero attached hydrogens (tertiary/aromatic N) is 1. The van der Waals surface area contributed by atoms with Gasteiger partial charge in [-0.2, -0.15) is 0 Å². The van der Waals surface area contributed by atoms with Crippen LogP contribution in [0.5, 0.6) is 0 Å². The van der Waals surface area contributed by atoms with E-state index in [0.717, 1.165) is 0 Å². The van der Waals surface area contributed by atoms with Crippen molar-refractivity contribution in [2.24, 2.45) is 0 Å². The second-order valence-corrected chi connectivity index (χ2v) is 5.31. The van der Waals surface area contributed by atoms with Crippen molar-refractivity contribution in [1.82, 2.24) is 9.88 Å². The second kappa shape index (κ2) is 4.19. The van der Waals surface area contributed by atoms with Gasteiger partial charge in [0.2, 0.25) is 0 Å². The number of benzene rings is 1. The van der Waals surface area contributed by atoms with Crippen LogP contribution in [0.1, 0.15) is 30.0 Å². The highest BCUT2D eigenvalue weighted by atomic mass is 15.1. The highest BCUT2D eigenvalue weighted by Gasteiger charge is 2.23. The summed E-state index contributed by atoms with van der Waals surface area (Å²) in [6.45, 7) is 4.66. The van der Waals surface area contributed by atoms with E-state index in [1.165, 1.54) is 42.5 Å². The molecular formula is C15H20N2. The maximum Gasteiger partial charge on any atom is 0.0458 e. The van der Waals surface area contributed by atoms with Crippen molar-refractivity contribution in [2.75, 3.05) is 20.1 Å². The summed E-state index contributed by atoms with van der Waals surface area (Å²) < 4.78 is 0. The molecule has 2 nitrogen and oxygen atoms in total. The third kappa shape index (κ3) is 1.87. The number of aryl methyl sites for hydroxylation is 1. The number of likely N-dealkylation sites (tertiary alicyclic amines) is 1. The molecule has 0 aliphatic carbocycles. The molecule has 1 atom stereocenters. The zero-order valence-corrected chi connectivity index (χ0v) is 10.7. The highest BCUT2D eigenvalue weighted by molar-refractivity contribution is 5.85. The molecule has 17 heavy (non-hydrogen) atoms. The van der Waals surface area contributed by atoms with Crippen LogP contribution in [-0.2, 0) is 0 Å². The van der Waals surface area contributed by atoms with Gasteiger partial charge in [-0.15, -0.1) is 0 Å². The number of aromatic nitrogens is 1. The number of para-hydroxylation sites is 1. The largest absolute Gasteiger partial charge is 0.358 e. The lowest BCUT2D eigenvalue weighted by Gasteiger charge is -2.30. The summed E-state index contributed by atoms with van der Waals surface area (Å²) in [5.74, 6) is 0.699. The molecule has 1 aromatic carbocycles. The smallest absolute Gasteiger partial charge is 0.0458 e. The van der Waals surface area contributed by atoms with Gasteiger partial charge >= 0.3 is 0 Å². The molecular weight excluding hydrogens is 208 g/mol. The Bertz CT molecular complexity index is 527. The molecule has 1 unspecified atom stereocenters.